The maximum atomic E-state index is 3.50. The minimum atomic E-state index is 0.274. The van der Waals surface area contributed by atoms with Gasteiger partial charge in [-0.3, -0.25) is 0 Å². The Kier molecular flexibility index (Phi) is 3.09. The SMILES string of the molecule is CC(c1c[nH]c2ccccc12)c1cc2ccc3ccc4ccc5ccc6ccc1c1c6c5c4c3c21. The molecular weight excluding hydrogens is 422 g/mol. The average molecular weight is 444 g/mol. The Labute approximate surface area is 201 Å². The fourth-order valence-electron chi connectivity index (χ4n) is 6.99. The van der Waals surface area contributed by atoms with E-state index in [0.717, 1.165) is 0 Å². The number of nitrogens with one attached hydrogen (secondary N) is 1. The van der Waals surface area contributed by atoms with Crippen LogP contribution in [0.25, 0.3) is 75.5 Å². The molecule has 0 bridgehead atoms. The standard InChI is InChI=1S/C34H21N/c1-18(27-17-35-28-5-3-2-4-24(27)28)26-16-23-13-12-21-9-7-19-6-8-20-10-11-22-14-15-25(26)34-32(22)30(20)29(19)31(21)33(23)34/h2-18,35H,1H3. The Morgan fingerprint density at radius 3 is 1.66 bits per heavy atom. The fraction of sp³-hybridized carbons (Fsp3) is 0.0588. The molecule has 8 aromatic carbocycles. The van der Waals surface area contributed by atoms with Crippen molar-refractivity contribution in [2.45, 2.75) is 12.8 Å². The molecule has 1 heteroatoms. The molecule has 0 fully saturated rings. The van der Waals surface area contributed by atoms with E-state index >= 15 is 0 Å². The van der Waals surface area contributed by atoms with Gasteiger partial charge in [-0.05, 0) is 87.9 Å². The van der Waals surface area contributed by atoms with Crippen LogP contribution in [0.4, 0.5) is 0 Å². The number of aromatic nitrogens is 1. The summed E-state index contributed by atoms with van der Waals surface area (Å²) in [6.45, 7) is 2.36. The molecule has 9 aromatic rings. The maximum absolute atomic E-state index is 3.50. The maximum Gasteiger partial charge on any atom is 0.0457 e. The first kappa shape index (κ1) is 18.0. The van der Waals surface area contributed by atoms with E-state index in [0.29, 0.717) is 0 Å². The van der Waals surface area contributed by atoms with E-state index in [4.69, 9.17) is 0 Å². The van der Waals surface area contributed by atoms with E-state index in [1.807, 2.05) is 0 Å². The number of benzene rings is 8. The molecule has 9 rings (SSSR count). The summed E-state index contributed by atoms with van der Waals surface area (Å²) >= 11 is 0. The molecule has 0 saturated heterocycles. The third kappa shape index (κ3) is 2.07. The minimum absolute atomic E-state index is 0.274. The Hall–Kier alpha value is -4.36. The third-order valence-electron chi connectivity index (χ3n) is 8.59. The second-order valence-corrected chi connectivity index (χ2v) is 10.2. The summed E-state index contributed by atoms with van der Waals surface area (Å²) < 4.78 is 0. The van der Waals surface area contributed by atoms with Crippen LogP contribution in [0.15, 0.2) is 97.2 Å². The predicted molar refractivity (Wildman–Crippen MR) is 151 cm³/mol. The van der Waals surface area contributed by atoms with Gasteiger partial charge in [-0.25, -0.2) is 0 Å². The lowest BCUT2D eigenvalue weighted by molar-refractivity contribution is 0.945. The van der Waals surface area contributed by atoms with Crippen LogP contribution in [0.3, 0.4) is 0 Å². The van der Waals surface area contributed by atoms with E-state index in [1.165, 1.54) is 86.7 Å². The summed E-state index contributed by atoms with van der Waals surface area (Å²) in [6, 6.07) is 34.2. The van der Waals surface area contributed by atoms with Crippen molar-refractivity contribution in [2.75, 3.05) is 0 Å². The smallest absolute Gasteiger partial charge is 0.0457 e. The lowest BCUT2D eigenvalue weighted by Gasteiger charge is -2.23. The second kappa shape index (κ2) is 6.00. The zero-order valence-corrected chi connectivity index (χ0v) is 19.3. The highest BCUT2D eigenvalue weighted by atomic mass is 14.7. The van der Waals surface area contributed by atoms with E-state index in [-0.39, 0.29) is 5.92 Å². The first-order valence-corrected chi connectivity index (χ1v) is 12.4. The number of fused-ring (bicyclic) bond motifs is 1. The van der Waals surface area contributed by atoms with Crippen molar-refractivity contribution in [1.29, 1.82) is 0 Å². The van der Waals surface area contributed by atoms with Gasteiger partial charge >= 0.3 is 0 Å². The molecule has 0 spiro atoms. The summed E-state index contributed by atoms with van der Waals surface area (Å²) in [5.74, 6) is 0.274. The molecule has 1 heterocycles. The van der Waals surface area contributed by atoms with Crippen LogP contribution in [0.1, 0.15) is 24.0 Å². The molecule has 162 valence electrons. The lowest BCUT2D eigenvalue weighted by atomic mass is 9.79. The van der Waals surface area contributed by atoms with Crippen molar-refractivity contribution < 1.29 is 0 Å². The third-order valence-corrected chi connectivity index (χ3v) is 8.59. The van der Waals surface area contributed by atoms with Crippen molar-refractivity contribution in [1.82, 2.24) is 4.98 Å². The van der Waals surface area contributed by atoms with E-state index in [9.17, 15) is 0 Å². The van der Waals surface area contributed by atoms with E-state index in [2.05, 4.69) is 109 Å². The van der Waals surface area contributed by atoms with E-state index < -0.39 is 0 Å². The number of hydrogen-bond acceptors (Lipinski definition) is 0. The van der Waals surface area contributed by atoms with Gasteiger partial charge in [-0.2, -0.15) is 0 Å². The second-order valence-electron chi connectivity index (χ2n) is 10.2. The lowest BCUT2D eigenvalue weighted by Crippen LogP contribution is -1.99. The van der Waals surface area contributed by atoms with Crippen LogP contribution in [-0.4, -0.2) is 4.98 Å². The van der Waals surface area contributed by atoms with Crippen molar-refractivity contribution in [3.05, 3.63) is 108 Å². The highest BCUT2D eigenvalue weighted by molar-refractivity contribution is 6.44. The molecule has 1 unspecified atom stereocenters. The van der Waals surface area contributed by atoms with Crippen molar-refractivity contribution >= 4 is 75.5 Å². The first-order valence-electron chi connectivity index (χ1n) is 12.4. The zero-order chi connectivity index (χ0) is 22.8. The van der Waals surface area contributed by atoms with Crippen molar-refractivity contribution in [3.63, 3.8) is 0 Å². The summed E-state index contributed by atoms with van der Waals surface area (Å²) in [5, 5.41) is 17.9. The van der Waals surface area contributed by atoms with Crippen LogP contribution >= 0.6 is 0 Å². The van der Waals surface area contributed by atoms with Crippen LogP contribution in [0.2, 0.25) is 0 Å². The number of rotatable bonds is 2. The Morgan fingerprint density at radius 2 is 1.00 bits per heavy atom. The van der Waals surface area contributed by atoms with Crippen LogP contribution in [0, 0.1) is 0 Å². The minimum Gasteiger partial charge on any atom is -0.361 e. The molecule has 0 aliphatic rings. The number of para-hydroxylation sites is 1. The molecule has 0 amide bonds. The first-order chi connectivity index (χ1) is 17.3. The number of aromatic amines is 1. The molecule has 0 aliphatic carbocycles. The normalized spacial score (nSPS) is 13.7. The van der Waals surface area contributed by atoms with Gasteiger partial charge < -0.3 is 4.98 Å². The van der Waals surface area contributed by atoms with Gasteiger partial charge in [-0.1, -0.05) is 85.8 Å². The summed E-state index contributed by atoms with van der Waals surface area (Å²) in [7, 11) is 0. The summed E-state index contributed by atoms with van der Waals surface area (Å²) in [6.07, 6.45) is 2.20. The number of H-pyrrole nitrogens is 1. The Balaban J connectivity index is 1.52. The molecule has 0 radical (unpaired) electrons. The summed E-state index contributed by atoms with van der Waals surface area (Å²) in [5.41, 5.74) is 3.97. The quantitative estimate of drug-likeness (QED) is 0.202. The van der Waals surface area contributed by atoms with Crippen LogP contribution in [0.5, 0.6) is 0 Å². The molecule has 1 nitrogen and oxygen atoms in total. The molecule has 0 saturated carbocycles. The monoisotopic (exact) mass is 443 g/mol. The van der Waals surface area contributed by atoms with Crippen LogP contribution < -0.4 is 0 Å². The van der Waals surface area contributed by atoms with E-state index in [1.54, 1.807) is 0 Å². The molecule has 1 aromatic heterocycles. The van der Waals surface area contributed by atoms with Crippen molar-refractivity contribution in [3.8, 4) is 0 Å². The molecule has 1 atom stereocenters. The average Bonchev–Trinajstić information content (AvgIpc) is 3.35. The summed E-state index contributed by atoms with van der Waals surface area (Å²) in [4.78, 5) is 3.50. The Morgan fingerprint density at radius 1 is 0.486 bits per heavy atom. The van der Waals surface area contributed by atoms with Crippen LogP contribution in [-0.2, 0) is 0 Å². The number of hydrogen-bond donors (Lipinski definition) is 1. The molecular formula is C34H21N. The molecule has 35 heavy (non-hydrogen) atoms. The van der Waals surface area contributed by atoms with Gasteiger partial charge in [0, 0.05) is 23.0 Å². The highest BCUT2D eigenvalue weighted by Crippen LogP contribution is 2.50. The topological polar surface area (TPSA) is 15.8 Å². The van der Waals surface area contributed by atoms with Gasteiger partial charge in [0.25, 0.3) is 0 Å². The molecule has 0 aliphatic heterocycles. The van der Waals surface area contributed by atoms with Crippen molar-refractivity contribution in [2.24, 2.45) is 0 Å². The fourth-order valence-corrected chi connectivity index (χ4v) is 6.99. The van der Waals surface area contributed by atoms with Gasteiger partial charge in [-0.15, -0.1) is 0 Å². The Bertz CT molecular complexity index is 2170. The predicted octanol–water partition coefficient (Wildman–Crippen LogP) is 9.55. The van der Waals surface area contributed by atoms with Gasteiger partial charge in [0.1, 0.15) is 0 Å². The largest absolute Gasteiger partial charge is 0.361 e. The molecule has 1 N–H and O–H groups in total. The van der Waals surface area contributed by atoms with Gasteiger partial charge in [0.05, 0.1) is 0 Å². The highest BCUT2D eigenvalue weighted by Gasteiger charge is 2.23. The van der Waals surface area contributed by atoms with Gasteiger partial charge in [0.15, 0.2) is 0 Å². The van der Waals surface area contributed by atoms with Gasteiger partial charge in [0.2, 0.25) is 0 Å². The zero-order valence-electron chi connectivity index (χ0n) is 19.3.